The van der Waals surface area contributed by atoms with E-state index in [-0.39, 0.29) is 12.0 Å². The highest BCUT2D eigenvalue weighted by molar-refractivity contribution is 5.94. The lowest BCUT2D eigenvalue weighted by atomic mass is 10.1. The first kappa shape index (κ1) is 16.2. The SMILES string of the molecule is CC(C)Oc1cccc(C(=O)N2CCN(c3ncccn3)CC2)c1. The highest BCUT2D eigenvalue weighted by Gasteiger charge is 2.23. The summed E-state index contributed by atoms with van der Waals surface area (Å²) in [5.41, 5.74) is 0.664. The van der Waals surface area contributed by atoms with Crippen LogP contribution < -0.4 is 9.64 Å². The third-order valence-electron chi connectivity index (χ3n) is 3.85. The highest BCUT2D eigenvalue weighted by Crippen LogP contribution is 2.18. The van der Waals surface area contributed by atoms with Crippen LogP contribution in [0.1, 0.15) is 24.2 Å². The van der Waals surface area contributed by atoms with Crippen molar-refractivity contribution in [2.45, 2.75) is 20.0 Å². The highest BCUT2D eigenvalue weighted by atomic mass is 16.5. The molecule has 2 aromatic rings. The Labute approximate surface area is 142 Å². The molecule has 0 aliphatic carbocycles. The topological polar surface area (TPSA) is 58.6 Å². The first-order chi connectivity index (χ1) is 11.6. The summed E-state index contributed by atoms with van der Waals surface area (Å²) in [5, 5.41) is 0. The molecule has 126 valence electrons. The number of nitrogens with zero attached hydrogens (tertiary/aromatic N) is 4. The number of rotatable bonds is 4. The molecule has 0 spiro atoms. The minimum Gasteiger partial charge on any atom is -0.491 e. The zero-order chi connectivity index (χ0) is 16.9. The molecule has 6 nitrogen and oxygen atoms in total. The number of carbonyl (C=O) groups excluding carboxylic acids is 1. The average Bonchev–Trinajstić information content (AvgIpc) is 2.62. The van der Waals surface area contributed by atoms with Gasteiger partial charge in [0.05, 0.1) is 6.10 Å². The van der Waals surface area contributed by atoms with Crippen molar-refractivity contribution in [3.05, 3.63) is 48.3 Å². The van der Waals surface area contributed by atoms with Crippen LogP contribution in [0.15, 0.2) is 42.7 Å². The van der Waals surface area contributed by atoms with Crippen LogP contribution in [-0.4, -0.2) is 53.1 Å². The molecule has 1 amide bonds. The van der Waals surface area contributed by atoms with Gasteiger partial charge >= 0.3 is 0 Å². The Morgan fingerprint density at radius 1 is 1.08 bits per heavy atom. The van der Waals surface area contributed by atoms with Crippen molar-refractivity contribution in [1.82, 2.24) is 14.9 Å². The number of hydrogen-bond donors (Lipinski definition) is 0. The zero-order valence-corrected chi connectivity index (χ0v) is 14.1. The molecule has 0 atom stereocenters. The average molecular weight is 326 g/mol. The molecule has 1 aliphatic heterocycles. The van der Waals surface area contributed by atoms with E-state index < -0.39 is 0 Å². The predicted molar refractivity (Wildman–Crippen MR) is 92.4 cm³/mol. The van der Waals surface area contributed by atoms with E-state index in [1.165, 1.54) is 0 Å². The summed E-state index contributed by atoms with van der Waals surface area (Å²) in [5.74, 6) is 1.49. The number of carbonyl (C=O) groups is 1. The summed E-state index contributed by atoms with van der Waals surface area (Å²) in [6, 6.07) is 9.19. The molecule has 3 rings (SSSR count). The molecule has 1 aromatic heterocycles. The van der Waals surface area contributed by atoms with Gasteiger partial charge < -0.3 is 14.5 Å². The minimum absolute atomic E-state index is 0.0397. The van der Waals surface area contributed by atoms with E-state index in [0.29, 0.717) is 18.7 Å². The van der Waals surface area contributed by atoms with Crippen molar-refractivity contribution < 1.29 is 9.53 Å². The Balaban J connectivity index is 1.63. The molecule has 0 unspecified atom stereocenters. The van der Waals surface area contributed by atoms with Crippen LogP contribution in [0.25, 0.3) is 0 Å². The van der Waals surface area contributed by atoms with Gasteiger partial charge in [0, 0.05) is 44.1 Å². The Morgan fingerprint density at radius 3 is 2.46 bits per heavy atom. The third-order valence-corrected chi connectivity index (χ3v) is 3.85. The van der Waals surface area contributed by atoms with Gasteiger partial charge in [0.25, 0.3) is 5.91 Å². The van der Waals surface area contributed by atoms with E-state index in [1.54, 1.807) is 18.5 Å². The Bertz CT molecular complexity index is 682. The van der Waals surface area contributed by atoms with Crippen LogP contribution in [0.5, 0.6) is 5.75 Å². The molecule has 1 saturated heterocycles. The van der Waals surface area contributed by atoms with Crippen molar-refractivity contribution in [2.75, 3.05) is 31.1 Å². The van der Waals surface area contributed by atoms with E-state index in [9.17, 15) is 4.79 Å². The van der Waals surface area contributed by atoms with Crippen LogP contribution in [0.4, 0.5) is 5.95 Å². The second-order valence-corrected chi connectivity index (χ2v) is 6.02. The van der Waals surface area contributed by atoms with Crippen LogP contribution >= 0.6 is 0 Å². The normalized spacial score (nSPS) is 14.8. The Morgan fingerprint density at radius 2 is 1.79 bits per heavy atom. The molecular weight excluding hydrogens is 304 g/mol. The second-order valence-electron chi connectivity index (χ2n) is 6.02. The Hall–Kier alpha value is -2.63. The number of amides is 1. The van der Waals surface area contributed by atoms with E-state index in [0.717, 1.165) is 24.8 Å². The molecule has 1 aliphatic rings. The van der Waals surface area contributed by atoms with E-state index >= 15 is 0 Å². The number of anilines is 1. The smallest absolute Gasteiger partial charge is 0.254 e. The largest absolute Gasteiger partial charge is 0.491 e. The van der Waals surface area contributed by atoms with Crippen LogP contribution in [0.2, 0.25) is 0 Å². The lowest BCUT2D eigenvalue weighted by Crippen LogP contribution is -2.49. The van der Waals surface area contributed by atoms with E-state index in [2.05, 4.69) is 14.9 Å². The maximum absolute atomic E-state index is 12.7. The zero-order valence-electron chi connectivity index (χ0n) is 14.1. The molecule has 0 saturated carbocycles. The molecule has 6 heteroatoms. The number of hydrogen-bond acceptors (Lipinski definition) is 5. The molecular formula is C18H22N4O2. The maximum Gasteiger partial charge on any atom is 0.254 e. The number of ether oxygens (including phenoxy) is 1. The summed E-state index contributed by atoms with van der Waals surface area (Å²) in [4.78, 5) is 25.2. The van der Waals surface area contributed by atoms with Crippen molar-refractivity contribution in [3.63, 3.8) is 0 Å². The lowest BCUT2D eigenvalue weighted by molar-refractivity contribution is 0.0745. The van der Waals surface area contributed by atoms with Gasteiger partial charge in [-0.1, -0.05) is 6.07 Å². The van der Waals surface area contributed by atoms with Gasteiger partial charge in [-0.3, -0.25) is 4.79 Å². The molecule has 24 heavy (non-hydrogen) atoms. The Kier molecular flexibility index (Phi) is 4.93. The second kappa shape index (κ2) is 7.29. The van der Waals surface area contributed by atoms with Gasteiger partial charge in [0.1, 0.15) is 5.75 Å². The fraction of sp³-hybridized carbons (Fsp3) is 0.389. The molecule has 2 heterocycles. The summed E-state index contributed by atoms with van der Waals surface area (Å²) in [6.45, 7) is 6.73. The monoisotopic (exact) mass is 326 g/mol. The molecule has 1 fully saturated rings. The lowest BCUT2D eigenvalue weighted by Gasteiger charge is -2.34. The van der Waals surface area contributed by atoms with E-state index in [1.807, 2.05) is 43.0 Å². The fourth-order valence-corrected chi connectivity index (χ4v) is 2.72. The standard InChI is InChI=1S/C18H22N4O2/c1-14(2)24-16-6-3-5-15(13-16)17(23)21-9-11-22(12-10-21)18-19-7-4-8-20-18/h3-8,13-14H,9-12H2,1-2H3. The van der Waals surface area contributed by atoms with Crippen molar-refractivity contribution in [3.8, 4) is 5.75 Å². The van der Waals surface area contributed by atoms with Crippen molar-refractivity contribution >= 4 is 11.9 Å². The number of piperazine rings is 1. The first-order valence-electron chi connectivity index (χ1n) is 8.21. The molecule has 0 N–H and O–H groups in total. The number of aromatic nitrogens is 2. The van der Waals surface area contributed by atoms with Crippen LogP contribution in [-0.2, 0) is 0 Å². The minimum atomic E-state index is 0.0397. The summed E-state index contributed by atoms with van der Waals surface area (Å²) >= 11 is 0. The van der Waals surface area contributed by atoms with Gasteiger partial charge in [0.15, 0.2) is 0 Å². The number of benzene rings is 1. The quantitative estimate of drug-likeness (QED) is 0.862. The molecule has 1 aromatic carbocycles. The van der Waals surface area contributed by atoms with Gasteiger partial charge in [0.2, 0.25) is 5.95 Å². The third kappa shape index (κ3) is 3.82. The predicted octanol–water partition coefficient (Wildman–Crippen LogP) is 2.23. The van der Waals surface area contributed by atoms with Crippen molar-refractivity contribution in [1.29, 1.82) is 0 Å². The van der Waals surface area contributed by atoms with Crippen LogP contribution in [0.3, 0.4) is 0 Å². The summed E-state index contributed by atoms with van der Waals surface area (Å²) in [6.07, 6.45) is 3.56. The van der Waals surface area contributed by atoms with Gasteiger partial charge in [-0.25, -0.2) is 9.97 Å². The van der Waals surface area contributed by atoms with Crippen molar-refractivity contribution in [2.24, 2.45) is 0 Å². The molecule has 0 radical (unpaired) electrons. The van der Waals surface area contributed by atoms with Gasteiger partial charge in [-0.15, -0.1) is 0 Å². The summed E-state index contributed by atoms with van der Waals surface area (Å²) < 4.78 is 5.67. The molecule has 0 bridgehead atoms. The maximum atomic E-state index is 12.7. The van der Waals surface area contributed by atoms with Gasteiger partial charge in [-0.05, 0) is 38.1 Å². The van der Waals surface area contributed by atoms with Crippen LogP contribution in [0, 0.1) is 0 Å². The van der Waals surface area contributed by atoms with Gasteiger partial charge in [-0.2, -0.15) is 0 Å². The fourth-order valence-electron chi connectivity index (χ4n) is 2.72. The summed E-state index contributed by atoms with van der Waals surface area (Å²) in [7, 11) is 0. The van der Waals surface area contributed by atoms with E-state index in [4.69, 9.17) is 4.74 Å². The first-order valence-corrected chi connectivity index (χ1v) is 8.21.